The van der Waals surface area contributed by atoms with Crippen LogP contribution in [0.2, 0.25) is 0 Å². The zero-order valence-electron chi connectivity index (χ0n) is 17.6. The minimum atomic E-state index is -0.581. The molecule has 0 bridgehead atoms. The first-order valence-electron chi connectivity index (χ1n) is 10.5. The van der Waals surface area contributed by atoms with E-state index in [1.54, 1.807) is 16.7 Å². The van der Waals surface area contributed by atoms with Crippen LogP contribution in [-0.2, 0) is 17.9 Å². The zero-order valence-corrected chi connectivity index (χ0v) is 18.5. The van der Waals surface area contributed by atoms with E-state index in [1.165, 1.54) is 36.4 Å². The molecule has 0 saturated heterocycles. The molecule has 1 aromatic carbocycles. The first-order chi connectivity index (χ1) is 15.0. The van der Waals surface area contributed by atoms with Crippen LogP contribution < -0.4 is 10.6 Å². The lowest BCUT2D eigenvalue weighted by molar-refractivity contribution is -0.119. The van der Waals surface area contributed by atoms with Crippen LogP contribution in [0.15, 0.2) is 42.1 Å². The van der Waals surface area contributed by atoms with Crippen molar-refractivity contribution in [1.82, 2.24) is 25.4 Å². The molecule has 1 aliphatic carbocycles. The molecule has 2 atom stereocenters. The summed E-state index contributed by atoms with van der Waals surface area (Å²) in [7, 11) is 0. The lowest BCUT2D eigenvalue weighted by Crippen LogP contribution is -2.41. The highest BCUT2D eigenvalue weighted by atomic mass is 32.2. The molecule has 2 N–H and O–H groups in total. The van der Waals surface area contributed by atoms with Crippen LogP contribution >= 0.6 is 11.8 Å². The number of benzene rings is 1. The number of thioether (sulfide) groups is 1. The third-order valence-corrected chi connectivity index (χ3v) is 6.39. The van der Waals surface area contributed by atoms with Gasteiger partial charge in [0.2, 0.25) is 5.91 Å². The summed E-state index contributed by atoms with van der Waals surface area (Å²) < 4.78 is 15.6. The number of allylic oxidation sites excluding steroid dienone is 1. The Bertz CT molecular complexity index is 932. The van der Waals surface area contributed by atoms with Crippen molar-refractivity contribution in [2.24, 2.45) is 5.92 Å². The van der Waals surface area contributed by atoms with Crippen LogP contribution in [-0.4, -0.2) is 38.4 Å². The van der Waals surface area contributed by atoms with E-state index in [2.05, 4.69) is 34.3 Å². The topological polar surface area (TPSA) is 88.9 Å². The number of aromatic nitrogens is 3. The Hall–Kier alpha value is -2.68. The molecule has 31 heavy (non-hydrogen) atoms. The first kappa shape index (κ1) is 23.0. The first-order valence-corrected chi connectivity index (χ1v) is 11.5. The number of rotatable bonds is 9. The van der Waals surface area contributed by atoms with Gasteiger partial charge in [0, 0.05) is 12.6 Å². The van der Waals surface area contributed by atoms with Crippen molar-refractivity contribution in [3.8, 4) is 0 Å². The van der Waals surface area contributed by atoms with E-state index in [1.807, 2.05) is 0 Å². The lowest BCUT2D eigenvalue weighted by Gasteiger charge is -2.29. The van der Waals surface area contributed by atoms with E-state index in [0.717, 1.165) is 19.3 Å². The number of carbonyl (C=O) groups excluding carboxylic acids is 2. The lowest BCUT2D eigenvalue weighted by atomic mass is 9.86. The second kappa shape index (κ2) is 11.1. The number of nitrogens with zero attached hydrogens (tertiary/aromatic N) is 3. The summed E-state index contributed by atoms with van der Waals surface area (Å²) >= 11 is 1.30. The summed E-state index contributed by atoms with van der Waals surface area (Å²) in [4.78, 5) is 24.7. The summed E-state index contributed by atoms with van der Waals surface area (Å²) in [5.74, 6) is 0.111. The molecule has 9 heteroatoms. The summed E-state index contributed by atoms with van der Waals surface area (Å²) in [6.45, 7) is 6.45. The zero-order chi connectivity index (χ0) is 22.2. The standard InChI is InChI=1S/C22H28FN5O2S/c1-3-12-28-19(13-24-21(30)16-9-5-6-10-17(16)23)26-27-22(28)31-14-20(29)25-18-11-7-4-8-15(18)2/h3,5-6,9-10,15,18H,1,4,7-8,11-14H2,2H3,(H,24,30)(H,25,29)/t15-,18-/m1/s1. The van der Waals surface area contributed by atoms with E-state index in [4.69, 9.17) is 0 Å². The van der Waals surface area contributed by atoms with Crippen molar-refractivity contribution in [2.45, 2.75) is 56.9 Å². The maximum atomic E-state index is 13.8. The highest BCUT2D eigenvalue weighted by molar-refractivity contribution is 7.99. The molecule has 0 unspecified atom stereocenters. The number of amides is 2. The van der Waals surface area contributed by atoms with Crippen molar-refractivity contribution >= 4 is 23.6 Å². The van der Waals surface area contributed by atoms with Gasteiger partial charge in [-0.3, -0.25) is 9.59 Å². The van der Waals surface area contributed by atoms with Crippen LogP contribution in [0, 0.1) is 11.7 Å². The molecule has 1 fully saturated rings. The Morgan fingerprint density at radius 3 is 2.81 bits per heavy atom. The SMILES string of the molecule is C=CCn1c(CNC(=O)c2ccccc2F)nnc1SCC(=O)N[C@@H]1CCCC[C@H]1C. The van der Waals surface area contributed by atoms with Gasteiger partial charge < -0.3 is 15.2 Å². The van der Waals surface area contributed by atoms with Gasteiger partial charge in [-0.15, -0.1) is 16.8 Å². The Morgan fingerprint density at radius 1 is 1.29 bits per heavy atom. The molecular weight excluding hydrogens is 417 g/mol. The summed E-state index contributed by atoms with van der Waals surface area (Å²) in [5, 5.41) is 14.7. The Kier molecular flexibility index (Phi) is 8.22. The van der Waals surface area contributed by atoms with Gasteiger partial charge in [-0.05, 0) is 30.9 Å². The van der Waals surface area contributed by atoms with Crippen LogP contribution in [0.3, 0.4) is 0 Å². The average molecular weight is 446 g/mol. The molecule has 1 aromatic heterocycles. The van der Waals surface area contributed by atoms with Gasteiger partial charge in [0.15, 0.2) is 11.0 Å². The number of carbonyl (C=O) groups is 2. The van der Waals surface area contributed by atoms with Gasteiger partial charge in [0.25, 0.3) is 5.91 Å². The van der Waals surface area contributed by atoms with Gasteiger partial charge in [-0.2, -0.15) is 0 Å². The van der Waals surface area contributed by atoms with Gasteiger partial charge in [-0.1, -0.05) is 49.7 Å². The molecule has 2 aromatic rings. The number of halogens is 1. The van der Waals surface area contributed by atoms with Crippen molar-refractivity contribution in [3.63, 3.8) is 0 Å². The van der Waals surface area contributed by atoms with E-state index < -0.39 is 11.7 Å². The molecule has 7 nitrogen and oxygen atoms in total. The smallest absolute Gasteiger partial charge is 0.254 e. The molecule has 3 rings (SSSR count). The molecular formula is C22H28FN5O2S. The van der Waals surface area contributed by atoms with E-state index >= 15 is 0 Å². The Morgan fingerprint density at radius 2 is 2.06 bits per heavy atom. The van der Waals surface area contributed by atoms with Crippen molar-refractivity contribution < 1.29 is 14.0 Å². The van der Waals surface area contributed by atoms with Crippen molar-refractivity contribution in [3.05, 3.63) is 54.1 Å². The molecule has 1 aliphatic rings. The van der Waals surface area contributed by atoms with E-state index in [9.17, 15) is 14.0 Å². The quantitative estimate of drug-likeness (QED) is 0.457. The third-order valence-electron chi connectivity index (χ3n) is 5.42. The van der Waals surface area contributed by atoms with Gasteiger partial charge in [-0.25, -0.2) is 4.39 Å². The molecule has 2 amide bonds. The molecule has 0 radical (unpaired) electrons. The molecule has 1 saturated carbocycles. The second-order valence-electron chi connectivity index (χ2n) is 7.69. The molecule has 0 spiro atoms. The summed E-state index contributed by atoms with van der Waals surface area (Å²) in [6.07, 6.45) is 6.24. The van der Waals surface area contributed by atoms with Gasteiger partial charge >= 0.3 is 0 Å². The predicted molar refractivity (Wildman–Crippen MR) is 118 cm³/mol. The fourth-order valence-corrected chi connectivity index (χ4v) is 4.46. The van der Waals surface area contributed by atoms with Crippen LogP contribution in [0.1, 0.15) is 48.8 Å². The minimum Gasteiger partial charge on any atom is -0.352 e. The number of hydrogen-bond donors (Lipinski definition) is 2. The van der Waals surface area contributed by atoms with Crippen LogP contribution in [0.4, 0.5) is 4.39 Å². The maximum absolute atomic E-state index is 13.8. The van der Waals surface area contributed by atoms with Gasteiger partial charge in [0.1, 0.15) is 5.82 Å². The minimum absolute atomic E-state index is 0.0219. The normalized spacial score (nSPS) is 18.4. The largest absolute Gasteiger partial charge is 0.352 e. The predicted octanol–water partition coefficient (Wildman–Crippen LogP) is 3.32. The third kappa shape index (κ3) is 6.16. The van der Waals surface area contributed by atoms with Crippen molar-refractivity contribution in [1.29, 1.82) is 0 Å². The van der Waals surface area contributed by atoms with Crippen LogP contribution in [0.25, 0.3) is 0 Å². The average Bonchev–Trinajstić information content (AvgIpc) is 3.14. The van der Waals surface area contributed by atoms with Gasteiger partial charge in [0.05, 0.1) is 17.9 Å². The maximum Gasteiger partial charge on any atom is 0.254 e. The summed E-state index contributed by atoms with van der Waals surface area (Å²) in [5.41, 5.74) is -0.0273. The summed E-state index contributed by atoms with van der Waals surface area (Å²) in [6, 6.07) is 6.03. The Balaban J connectivity index is 1.58. The monoisotopic (exact) mass is 445 g/mol. The number of nitrogens with one attached hydrogen (secondary N) is 2. The highest BCUT2D eigenvalue weighted by Gasteiger charge is 2.23. The fraction of sp³-hybridized carbons (Fsp3) is 0.455. The fourth-order valence-electron chi connectivity index (χ4n) is 3.68. The molecule has 166 valence electrons. The number of hydrogen-bond acceptors (Lipinski definition) is 5. The van der Waals surface area contributed by atoms with Crippen molar-refractivity contribution in [2.75, 3.05) is 5.75 Å². The van der Waals surface area contributed by atoms with Crippen LogP contribution in [0.5, 0.6) is 0 Å². The second-order valence-corrected chi connectivity index (χ2v) is 8.63. The molecule has 0 aliphatic heterocycles. The van der Waals surface area contributed by atoms with E-state index in [-0.39, 0.29) is 29.8 Å². The molecule has 1 heterocycles. The van der Waals surface area contributed by atoms with E-state index in [0.29, 0.717) is 23.4 Å². The Labute approximate surface area is 185 Å². The highest BCUT2D eigenvalue weighted by Crippen LogP contribution is 2.24.